The van der Waals surface area contributed by atoms with Crippen LogP contribution in [0.1, 0.15) is 22.3 Å². The predicted molar refractivity (Wildman–Crippen MR) is 209 cm³/mol. The zero-order valence-electron chi connectivity index (χ0n) is 27.6. The standard InChI is InChI=1S/C45H27N5OS/c51-43-32-27-52-26-31(32)30-18-13-22-36-40(30)50(43)39-25-12-9-21-35(39)45(36)33-19-7-10-23-37(33)49(38-24-11-8-20-34(38)45)44-47-41(28-14-3-1-4-15-28)46-42(48-44)29-16-5-2-6-17-29/h1-27H. The average molecular weight is 686 g/mol. The molecule has 0 saturated carbocycles. The van der Waals surface area contributed by atoms with Crippen LogP contribution in [0.2, 0.25) is 0 Å². The van der Waals surface area contributed by atoms with Crippen LogP contribution in [0.3, 0.4) is 0 Å². The molecular weight excluding hydrogens is 659 g/mol. The number of rotatable bonds is 3. The maximum Gasteiger partial charge on any atom is 0.264 e. The van der Waals surface area contributed by atoms with E-state index in [1.54, 1.807) is 11.3 Å². The lowest BCUT2D eigenvalue weighted by molar-refractivity contribution is 0.707. The largest absolute Gasteiger partial charge is 0.278 e. The van der Waals surface area contributed by atoms with Crippen molar-refractivity contribution >= 4 is 50.3 Å². The third-order valence-corrected chi connectivity index (χ3v) is 11.3. The molecule has 3 aromatic heterocycles. The Labute approximate surface area is 302 Å². The Hall–Kier alpha value is -6.70. The first-order valence-electron chi connectivity index (χ1n) is 17.2. The minimum Gasteiger partial charge on any atom is -0.278 e. The number of thiophene rings is 1. The van der Waals surface area contributed by atoms with Crippen molar-refractivity contribution in [3.05, 3.63) is 195 Å². The van der Waals surface area contributed by atoms with Crippen LogP contribution in [0.25, 0.3) is 50.1 Å². The van der Waals surface area contributed by atoms with Crippen molar-refractivity contribution in [3.8, 4) is 28.5 Å². The lowest BCUT2D eigenvalue weighted by atomic mass is 9.60. The molecule has 7 heteroatoms. The molecule has 0 aliphatic carbocycles. The summed E-state index contributed by atoms with van der Waals surface area (Å²) in [6.45, 7) is 0. The van der Waals surface area contributed by atoms with Crippen LogP contribution in [-0.2, 0) is 5.41 Å². The van der Waals surface area contributed by atoms with Crippen molar-refractivity contribution in [1.82, 2.24) is 19.5 Å². The minimum absolute atomic E-state index is 0.00424. The Morgan fingerprint density at radius 2 is 0.962 bits per heavy atom. The molecule has 0 N–H and O–H groups in total. The van der Waals surface area contributed by atoms with E-state index in [9.17, 15) is 4.79 Å². The molecule has 0 fully saturated rings. The predicted octanol–water partition coefficient (Wildman–Crippen LogP) is 10.2. The van der Waals surface area contributed by atoms with E-state index in [0.29, 0.717) is 17.6 Å². The van der Waals surface area contributed by atoms with Crippen molar-refractivity contribution < 1.29 is 0 Å². The fourth-order valence-electron chi connectivity index (χ4n) is 8.50. The first-order valence-corrected chi connectivity index (χ1v) is 18.2. The van der Waals surface area contributed by atoms with Gasteiger partial charge in [0, 0.05) is 27.3 Å². The van der Waals surface area contributed by atoms with E-state index < -0.39 is 5.41 Å². The van der Waals surface area contributed by atoms with Gasteiger partial charge in [-0.25, -0.2) is 4.98 Å². The summed E-state index contributed by atoms with van der Waals surface area (Å²) in [5.41, 5.74) is 9.11. The van der Waals surface area contributed by atoms with Crippen molar-refractivity contribution in [2.45, 2.75) is 5.41 Å². The molecule has 0 saturated heterocycles. The molecule has 6 nitrogen and oxygen atoms in total. The molecule has 5 heterocycles. The highest BCUT2D eigenvalue weighted by molar-refractivity contribution is 7.09. The normalized spacial score (nSPS) is 13.6. The smallest absolute Gasteiger partial charge is 0.264 e. The summed E-state index contributed by atoms with van der Waals surface area (Å²) in [4.78, 5) is 32.0. The summed E-state index contributed by atoms with van der Waals surface area (Å²) in [7, 11) is 0. The van der Waals surface area contributed by atoms with Gasteiger partial charge in [0.1, 0.15) is 0 Å². The second-order valence-electron chi connectivity index (χ2n) is 13.2. The maximum atomic E-state index is 14.4. The van der Waals surface area contributed by atoms with E-state index in [2.05, 4.69) is 95.2 Å². The maximum absolute atomic E-state index is 14.4. The van der Waals surface area contributed by atoms with Crippen LogP contribution in [0.5, 0.6) is 0 Å². The topological polar surface area (TPSA) is 63.9 Å². The van der Waals surface area contributed by atoms with E-state index in [1.165, 1.54) is 0 Å². The molecule has 0 radical (unpaired) electrons. The molecule has 2 aliphatic rings. The summed E-state index contributed by atoms with van der Waals surface area (Å²) in [6, 6.07) is 52.2. The highest BCUT2D eigenvalue weighted by atomic mass is 32.1. The van der Waals surface area contributed by atoms with Gasteiger partial charge in [-0.05, 0) is 45.8 Å². The van der Waals surface area contributed by atoms with Gasteiger partial charge in [-0.3, -0.25) is 14.3 Å². The molecule has 11 rings (SSSR count). The first-order chi connectivity index (χ1) is 25.7. The summed E-state index contributed by atoms with van der Waals surface area (Å²) in [6.07, 6.45) is 0. The number of benzene rings is 6. The van der Waals surface area contributed by atoms with Gasteiger partial charge in [-0.1, -0.05) is 133 Å². The van der Waals surface area contributed by atoms with Crippen LogP contribution in [0, 0.1) is 0 Å². The first kappa shape index (κ1) is 29.1. The molecular formula is C45H27N5OS. The molecule has 0 unspecified atom stereocenters. The summed E-state index contributed by atoms with van der Waals surface area (Å²) < 4.78 is 1.95. The van der Waals surface area contributed by atoms with Crippen LogP contribution >= 0.6 is 11.3 Å². The van der Waals surface area contributed by atoms with Crippen molar-refractivity contribution in [1.29, 1.82) is 0 Å². The van der Waals surface area contributed by atoms with Gasteiger partial charge >= 0.3 is 0 Å². The van der Waals surface area contributed by atoms with Gasteiger partial charge in [0.15, 0.2) is 11.6 Å². The Balaban J connectivity index is 1.27. The number of aromatic nitrogens is 4. The van der Waals surface area contributed by atoms with Crippen LogP contribution < -0.4 is 10.5 Å². The zero-order valence-corrected chi connectivity index (χ0v) is 28.5. The number of para-hydroxylation sites is 4. The van der Waals surface area contributed by atoms with E-state index in [-0.39, 0.29) is 5.56 Å². The minimum atomic E-state index is -0.756. The summed E-state index contributed by atoms with van der Waals surface area (Å²) >= 11 is 1.57. The molecule has 0 atom stereocenters. The van der Waals surface area contributed by atoms with Crippen LogP contribution in [-0.4, -0.2) is 19.5 Å². The number of fused-ring (bicyclic) bond motifs is 10. The van der Waals surface area contributed by atoms with E-state index in [4.69, 9.17) is 15.0 Å². The van der Waals surface area contributed by atoms with Gasteiger partial charge in [0.2, 0.25) is 5.95 Å². The van der Waals surface area contributed by atoms with Crippen molar-refractivity contribution in [2.24, 2.45) is 0 Å². The van der Waals surface area contributed by atoms with Gasteiger partial charge < -0.3 is 0 Å². The highest BCUT2D eigenvalue weighted by Crippen LogP contribution is 2.60. The molecule has 2 aliphatic heterocycles. The lowest BCUT2D eigenvalue weighted by Gasteiger charge is -2.48. The monoisotopic (exact) mass is 685 g/mol. The van der Waals surface area contributed by atoms with E-state index in [1.807, 2.05) is 76.7 Å². The summed E-state index contributed by atoms with van der Waals surface area (Å²) in [5, 5.41) is 6.88. The van der Waals surface area contributed by atoms with Crippen molar-refractivity contribution in [2.75, 3.05) is 4.90 Å². The molecule has 244 valence electrons. The van der Waals surface area contributed by atoms with Crippen LogP contribution in [0.15, 0.2) is 167 Å². The molecule has 0 amide bonds. The number of hydrogen-bond acceptors (Lipinski definition) is 6. The van der Waals surface area contributed by atoms with E-state index >= 15 is 0 Å². The fourth-order valence-corrected chi connectivity index (χ4v) is 9.32. The van der Waals surface area contributed by atoms with Crippen molar-refractivity contribution in [3.63, 3.8) is 0 Å². The van der Waals surface area contributed by atoms with Gasteiger partial charge in [-0.15, -0.1) is 0 Å². The Morgan fingerprint density at radius 3 is 1.58 bits per heavy atom. The third-order valence-electron chi connectivity index (χ3n) is 10.6. The zero-order chi connectivity index (χ0) is 34.4. The molecule has 6 aromatic carbocycles. The number of pyridine rings is 1. The van der Waals surface area contributed by atoms with Gasteiger partial charge in [-0.2, -0.15) is 21.3 Å². The quantitative estimate of drug-likeness (QED) is 0.185. The van der Waals surface area contributed by atoms with Gasteiger partial charge in [0.25, 0.3) is 5.56 Å². The third kappa shape index (κ3) is 3.83. The second-order valence-corrected chi connectivity index (χ2v) is 13.9. The number of anilines is 3. The van der Waals surface area contributed by atoms with E-state index in [0.717, 1.165) is 72.1 Å². The fraction of sp³-hybridized carbons (Fsp3) is 0.0222. The Bertz CT molecular complexity index is 2850. The van der Waals surface area contributed by atoms with Crippen LogP contribution in [0.4, 0.5) is 17.3 Å². The Morgan fingerprint density at radius 1 is 0.462 bits per heavy atom. The van der Waals surface area contributed by atoms with Gasteiger partial charge in [0.05, 0.1) is 33.4 Å². The molecule has 52 heavy (non-hydrogen) atoms. The highest BCUT2D eigenvalue weighted by Gasteiger charge is 2.51. The lowest BCUT2D eigenvalue weighted by Crippen LogP contribution is -2.42. The summed E-state index contributed by atoms with van der Waals surface area (Å²) in [5.74, 6) is 1.72. The molecule has 1 spiro atoms. The number of nitrogens with zero attached hydrogens (tertiary/aromatic N) is 5. The average Bonchev–Trinajstić information content (AvgIpc) is 3.72. The second kappa shape index (κ2) is 10.9. The molecule has 9 aromatic rings. The SMILES string of the molecule is O=c1c2cscc2c2cccc3c2n1-c1ccccc1C31c2ccccc2N(c2nc(-c3ccccc3)nc(-c3ccccc3)n2)c2ccccc21. The number of hydrogen-bond donors (Lipinski definition) is 0. The molecule has 0 bridgehead atoms. The Kier molecular flexibility index (Phi) is 6.09.